The highest BCUT2D eigenvalue weighted by atomic mass is 19.4. The normalized spacial score (nSPS) is 11.7. The Bertz CT molecular complexity index is 658. The Morgan fingerprint density at radius 3 is 2.48 bits per heavy atom. The van der Waals surface area contributed by atoms with Crippen molar-refractivity contribution in [2.24, 2.45) is 14.1 Å². The number of amides is 1. The number of aromatic nitrogens is 4. The van der Waals surface area contributed by atoms with Gasteiger partial charge in [-0.3, -0.25) is 14.2 Å². The van der Waals surface area contributed by atoms with Gasteiger partial charge in [0.15, 0.2) is 5.69 Å². The number of carbonyl (C=O) groups excluding carboxylic acids is 1. The molecule has 0 fully saturated rings. The quantitative estimate of drug-likeness (QED) is 0.862. The van der Waals surface area contributed by atoms with Gasteiger partial charge in [-0.2, -0.15) is 23.4 Å². The monoisotopic (exact) mass is 301 g/mol. The van der Waals surface area contributed by atoms with Gasteiger partial charge in [0.1, 0.15) is 5.69 Å². The zero-order chi connectivity index (χ0) is 15.8. The fourth-order valence-corrected chi connectivity index (χ4v) is 1.86. The third-order valence-corrected chi connectivity index (χ3v) is 2.90. The smallest absolute Gasteiger partial charge is 0.334 e. The lowest BCUT2D eigenvalue weighted by Gasteiger charge is -2.15. The van der Waals surface area contributed by atoms with E-state index in [1.54, 1.807) is 24.0 Å². The van der Waals surface area contributed by atoms with Crippen LogP contribution in [-0.2, 0) is 26.8 Å². The Morgan fingerprint density at radius 1 is 1.33 bits per heavy atom. The van der Waals surface area contributed by atoms with Crippen LogP contribution in [0, 0.1) is 0 Å². The van der Waals surface area contributed by atoms with Crippen LogP contribution in [0.25, 0.3) is 0 Å². The Hall–Kier alpha value is -2.32. The summed E-state index contributed by atoms with van der Waals surface area (Å²) >= 11 is 0. The molecule has 21 heavy (non-hydrogen) atoms. The molecule has 114 valence electrons. The van der Waals surface area contributed by atoms with Gasteiger partial charge in [-0.15, -0.1) is 0 Å². The summed E-state index contributed by atoms with van der Waals surface area (Å²) in [4.78, 5) is 13.5. The molecule has 0 aliphatic heterocycles. The molecule has 0 atom stereocenters. The van der Waals surface area contributed by atoms with Crippen LogP contribution in [0.2, 0.25) is 0 Å². The molecule has 0 N–H and O–H groups in total. The zero-order valence-corrected chi connectivity index (χ0v) is 11.7. The molecule has 0 aliphatic rings. The molecule has 0 aliphatic carbocycles. The van der Waals surface area contributed by atoms with Gasteiger partial charge in [0.25, 0.3) is 5.91 Å². The van der Waals surface area contributed by atoms with Crippen LogP contribution in [0.5, 0.6) is 0 Å². The second-order valence-corrected chi connectivity index (χ2v) is 4.68. The third kappa shape index (κ3) is 3.23. The number of aryl methyl sites for hydroxylation is 2. The maximum Gasteiger partial charge on any atom is 0.435 e. The van der Waals surface area contributed by atoms with Crippen molar-refractivity contribution in [2.45, 2.75) is 12.7 Å². The van der Waals surface area contributed by atoms with Gasteiger partial charge in [-0.05, 0) is 6.07 Å². The maximum atomic E-state index is 12.6. The molecule has 0 spiro atoms. The van der Waals surface area contributed by atoms with E-state index in [0.29, 0.717) is 5.69 Å². The van der Waals surface area contributed by atoms with E-state index < -0.39 is 17.8 Å². The van der Waals surface area contributed by atoms with Crippen LogP contribution >= 0.6 is 0 Å². The van der Waals surface area contributed by atoms with Crippen molar-refractivity contribution in [1.29, 1.82) is 0 Å². The highest BCUT2D eigenvalue weighted by Crippen LogP contribution is 2.28. The molecule has 2 aromatic rings. The van der Waals surface area contributed by atoms with E-state index in [1.807, 2.05) is 0 Å². The number of nitrogens with zero attached hydrogens (tertiary/aromatic N) is 5. The standard InChI is InChI=1S/C12H14F3N5O/c1-18(7-8-4-5-19(2)16-8)11(21)9-6-10(12(13,14)15)17-20(9)3/h4-6H,7H2,1-3H3. The van der Waals surface area contributed by atoms with E-state index in [0.717, 1.165) is 10.7 Å². The van der Waals surface area contributed by atoms with Gasteiger partial charge in [-0.1, -0.05) is 0 Å². The number of carbonyl (C=O) groups is 1. The van der Waals surface area contributed by atoms with Crippen LogP contribution < -0.4 is 0 Å². The molecule has 9 heteroatoms. The lowest BCUT2D eigenvalue weighted by molar-refractivity contribution is -0.141. The van der Waals surface area contributed by atoms with E-state index in [2.05, 4.69) is 10.2 Å². The first kappa shape index (κ1) is 15.1. The molecule has 6 nitrogen and oxygen atoms in total. The SMILES string of the molecule is CN(Cc1ccn(C)n1)C(=O)c1cc(C(F)(F)F)nn1C. The number of alkyl halides is 3. The summed E-state index contributed by atoms with van der Waals surface area (Å²) in [5.74, 6) is -0.550. The van der Waals surface area contributed by atoms with E-state index in [9.17, 15) is 18.0 Å². The average molecular weight is 301 g/mol. The van der Waals surface area contributed by atoms with Crippen molar-refractivity contribution in [3.8, 4) is 0 Å². The second-order valence-electron chi connectivity index (χ2n) is 4.68. The van der Waals surface area contributed by atoms with E-state index in [1.165, 1.54) is 19.0 Å². The van der Waals surface area contributed by atoms with Gasteiger partial charge >= 0.3 is 6.18 Å². The first-order valence-electron chi connectivity index (χ1n) is 6.03. The Balaban J connectivity index is 2.17. The lowest BCUT2D eigenvalue weighted by Crippen LogP contribution is -2.28. The highest BCUT2D eigenvalue weighted by molar-refractivity contribution is 5.92. The van der Waals surface area contributed by atoms with E-state index in [-0.39, 0.29) is 12.2 Å². The molecule has 0 bridgehead atoms. The number of halogens is 3. The topological polar surface area (TPSA) is 56.0 Å². The van der Waals surface area contributed by atoms with Gasteiger partial charge in [-0.25, -0.2) is 0 Å². The molecular formula is C12H14F3N5O. The number of hydrogen-bond donors (Lipinski definition) is 0. The Morgan fingerprint density at radius 2 is 2.00 bits per heavy atom. The van der Waals surface area contributed by atoms with Crippen LogP contribution in [0.3, 0.4) is 0 Å². The molecule has 0 radical (unpaired) electrons. The number of rotatable bonds is 3. The van der Waals surface area contributed by atoms with Crippen molar-refractivity contribution in [3.63, 3.8) is 0 Å². The van der Waals surface area contributed by atoms with Crippen LogP contribution in [-0.4, -0.2) is 37.4 Å². The fraction of sp³-hybridized carbons (Fsp3) is 0.417. The zero-order valence-electron chi connectivity index (χ0n) is 11.7. The lowest BCUT2D eigenvalue weighted by atomic mass is 10.3. The van der Waals surface area contributed by atoms with Gasteiger partial charge in [0.05, 0.1) is 12.2 Å². The largest absolute Gasteiger partial charge is 0.435 e. The van der Waals surface area contributed by atoms with Gasteiger partial charge < -0.3 is 4.90 Å². The molecule has 0 unspecified atom stereocenters. The third-order valence-electron chi connectivity index (χ3n) is 2.90. The summed E-state index contributed by atoms with van der Waals surface area (Å²) in [5, 5.41) is 7.43. The summed E-state index contributed by atoms with van der Waals surface area (Å²) in [6.07, 6.45) is -2.85. The summed E-state index contributed by atoms with van der Waals surface area (Å²) < 4.78 is 40.3. The summed E-state index contributed by atoms with van der Waals surface area (Å²) in [5.41, 5.74) is -0.563. The molecule has 0 saturated carbocycles. The summed E-state index contributed by atoms with van der Waals surface area (Å²) in [6, 6.07) is 2.48. The predicted molar refractivity (Wildman–Crippen MR) is 67.2 cm³/mol. The molecular weight excluding hydrogens is 287 g/mol. The van der Waals surface area contributed by atoms with E-state index in [4.69, 9.17) is 0 Å². The summed E-state index contributed by atoms with van der Waals surface area (Å²) in [7, 11) is 4.54. The van der Waals surface area contributed by atoms with Gasteiger partial charge in [0, 0.05) is 33.4 Å². The van der Waals surface area contributed by atoms with Crippen molar-refractivity contribution < 1.29 is 18.0 Å². The van der Waals surface area contributed by atoms with Crippen LogP contribution in [0.1, 0.15) is 21.9 Å². The Labute approximate surface area is 118 Å². The molecule has 0 saturated heterocycles. The van der Waals surface area contributed by atoms with Crippen LogP contribution in [0.15, 0.2) is 18.3 Å². The highest BCUT2D eigenvalue weighted by Gasteiger charge is 2.35. The number of hydrogen-bond acceptors (Lipinski definition) is 3. The van der Waals surface area contributed by atoms with Crippen molar-refractivity contribution in [2.75, 3.05) is 7.05 Å². The van der Waals surface area contributed by atoms with Crippen molar-refractivity contribution >= 4 is 5.91 Å². The first-order chi connectivity index (χ1) is 9.68. The predicted octanol–water partition coefficient (Wildman–Crippen LogP) is 1.44. The fourth-order valence-electron chi connectivity index (χ4n) is 1.86. The first-order valence-corrected chi connectivity index (χ1v) is 6.03. The van der Waals surface area contributed by atoms with Crippen molar-refractivity contribution in [1.82, 2.24) is 24.5 Å². The van der Waals surface area contributed by atoms with Gasteiger partial charge in [0.2, 0.25) is 0 Å². The molecule has 2 aromatic heterocycles. The molecule has 2 heterocycles. The minimum Gasteiger partial charge on any atom is -0.334 e. The minimum absolute atomic E-state index is 0.124. The molecule has 0 aromatic carbocycles. The second kappa shape index (κ2) is 5.23. The summed E-state index contributed by atoms with van der Waals surface area (Å²) in [6.45, 7) is 0.201. The Kier molecular flexibility index (Phi) is 3.75. The van der Waals surface area contributed by atoms with Crippen molar-refractivity contribution in [3.05, 3.63) is 35.4 Å². The van der Waals surface area contributed by atoms with E-state index >= 15 is 0 Å². The average Bonchev–Trinajstić information content (AvgIpc) is 2.94. The van der Waals surface area contributed by atoms with Crippen LogP contribution in [0.4, 0.5) is 13.2 Å². The molecule has 2 rings (SSSR count). The molecule has 1 amide bonds. The minimum atomic E-state index is -4.57. The maximum absolute atomic E-state index is 12.6.